The van der Waals surface area contributed by atoms with E-state index < -0.39 is 16.1 Å². The van der Waals surface area contributed by atoms with Gasteiger partial charge in [-0.1, -0.05) is 84.2 Å². The highest BCUT2D eigenvalue weighted by atomic mass is 35.5. The molecule has 0 heterocycles. The van der Waals surface area contributed by atoms with Gasteiger partial charge < -0.3 is 10.2 Å². The predicted molar refractivity (Wildman–Crippen MR) is 176 cm³/mol. The molecule has 0 spiro atoms. The summed E-state index contributed by atoms with van der Waals surface area (Å²) in [6, 6.07) is 18.8. The number of anilines is 1. The number of hydrogen-bond acceptors (Lipinski definition) is 4. The van der Waals surface area contributed by atoms with Crippen molar-refractivity contribution in [1.82, 2.24) is 10.2 Å². The van der Waals surface area contributed by atoms with Gasteiger partial charge in [0.05, 0.1) is 22.0 Å². The van der Waals surface area contributed by atoms with E-state index in [1.54, 1.807) is 48.2 Å². The minimum absolute atomic E-state index is 0.00879. The van der Waals surface area contributed by atoms with Crippen LogP contribution in [-0.2, 0) is 32.6 Å². The van der Waals surface area contributed by atoms with Gasteiger partial charge in [-0.25, -0.2) is 8.42 Å². The molecule has 3 rings (SSSR count). The van der Waals surface area contributed by atoms with Crippen LogP contribution in [0, 0.1) is 6.92 Å². The van der Waals surface area contributed by atoms with Gasteiger partial charge in [0.15, 0.2) is 0 Å². The minimum Gasteiger partial charge on any atom is -0.352 e. The van der Waals surface area contributed by atoms with Crippen LogP contribution in [0.2, 0.25) is 15.1 Å². The van der Waals surface area contributed by atoms with Crippen LogP contribution in [0.15, 0.2) is 66.7 Å². The molecule has 232 valence electrons. The monoisotopic (exact) mass is 665 g/mol. The summed E-state index contributed by atoms with van der Waals surface area (Å²) in [4.78, 5) is 29.2. The minimum atomic E-state index is -3.66. The first kappa shape index (κ1) is 34.7. The zero-order chi connectivity index (χ0) is 31.7. The fourth-order valence-corrected chi connectivity index (χ4v) is 6.18. The molecule has 0 aromatic heterocycles. The smallest absolute Gasteiger partial charge is 0.243 e. The van der Waals surface area contributed by atoms with Crippen LogP contribution in [0.25, 0.3) is 0 Å². The normalized spacial score (nSPS) is 12.8. The molecule has 7 nitrogen and oxygen atoms in total. The van der Waals surface area contributed by atoms with Crippen molar-refractivity contribution in [3.63, 3.8) is 0 Å². The predicted octanol–water partition coefficient (Wildman–Crippen LogP) is 7.06. The Morgan fingerprint density at radius 3 is 2.23 bits per heavy atom. The lowest BCUT2D eigenvalue weighted by Crippen LogP contribution is -2.52. The van der Waals surface area contributed by atoms with Crippen molar-refractivity contribution in [3.05, 3.63) is 98.5 Å². The van der Waals surface area contributed by atoms with E-state index in [0.717, 1.165) is 18.2 Å². The van der Waals surface area contributed by atoms with Crippen molar-refractivity contribution in [2.45, 2.75) is 65.1 Å². The molecular weight excluding hydrogens is 629 g/mol. The van der Waals surface area contributed by atoms with Gasteiger partial charge in [0.25, 0.3) is 0 Å². The van der Waals surface area contributed by atoms with Crippen LogP contribution in [0.4, 0.5) is 5.69 Å². The van der Waals surface area contributed by atoms with Gasteiger partial charge in [0.1, 0.15) is 6.04 Å². The number of rotatable bonds is 14. The van der Waals surface area contributed by atoms with Crippen LogP contribution >= 0.6 is 34.8 Å². The molecule has 0 bridgehead atoms. The average Bonchev–Trinajstić information content (AvgIpc) is 2.96. The Morgan fingerprint density at radius 2 is 1.60 bits per heavy atom. The Hall–Kier alpha value is -2.78. The lowest BCUT2D eigenvalue weighted by atomic mass is 10.0. The molecule has 1 N–H and O–H groups in total. The number of amides is 2. The van der Waals surface area contributed by atoms with Crippen molar-refractivity contribution < 1.29 is 18.0 Å². The number of carbonyl (C=O) groups is 2. The van der Waals surface area contributed by atoms with Gasteiger partial charge in [-0.2, -0.15) is 0 Å². The molecule has 2 amide bonds. The van der Waals surface area contributed by atoms with Gasteiger partial charge >= 0.3 is 0 Å². The van der Waals surface area contributed by atoms with E-state index in [1.165, 1.54) is 4.31 Å². The highest BCUT2D eigenvalue weighted by Crippen LogP contribution is 2.29. The number of halogens is 3. The lowest BCUT2D eigenvalue weighted by molar-refractivity contribution is -0.141. The Morgan fingerprint density at radius 1 is 0.907 bits per heavy atom. The van der Waals surface area contributed by atoms with Crippen molar-refractivity contribution >= 4 is 62.3 Å². The van der Waals surface area contributed by atoms with Crippen LogP contribution in [-0.4, -0.2) is 50.0 Å². The molecule has 0 saturated carbocycles. The Kier molecular flexibility index (Phi) is 12.8. The van der Waals surface area contributed by atoms with E-state index in [0.29, 0.717) is 38.3 Å². The number of nitrogens with one attached hydrogen (secondary N) is 1. The first-order valence-electron chi connectivity index (χ1n) is 14.1. The third-order valence-corrected chi connectivity index (χ3v) is 9.60. The summed E-state index contributed by atoms with van der Waals surface area (Å²) in [7, 11) is -3.66. The summed E-state index contributed by atoms with van der Waals surface area (Å²) >= 11 is 18.7. The van der Waals surface area contributed by atoms with Gasteiger partial charge in [-0.05, 0) is 67.6 Å². The summed E-state index contributed by atoms with van der Waals surface area (Å²) in [5.74, 6) is -0.554. The highest BCUT2D eigenvalue weighted by Gasteiger charge is 2.31. The molecule has 3 aromatic rings. The summed E-state index contributed by atoms with van der Waals surface area (Å²) in [5, 5.41) is 4.22. The molecule has 2 atom stereocenters. The second-order valence-electron chi connectivity index (χ2n) is 10.6. The average molecular weight is 667 g/mol. The van der Waals surface area contributed by atoms with E-state index >= 15 is 0 Å². The third-order valence-electron chi connectivity index (χ3n) is 7.27. The second-order valence-corrected chi connectivity index (χ2v) is 13.7. The molecular formula is C32H38Cl3N3O4S. The molecule has 0 aliphatic carbocycles. The van der Waals surface area contributed by atoms with Gasteiger partial charge in [-0.15, -0.1) is 0 Å². The number of carbonyl (C=O) groups excluding carboxylic acids is 2. The maximum Gasteiger partial charge on any atom is 0.243 e. The van der Waals surface area contributed by atoms with Crippen LogP contribution in [0.3, 0.4) is 0 Å². The van der Waals surface area contributed by atoms with Gasteiger partial charge in [0.2, 0.25) is 21.8 Å². The molecule has 0 saturated heterocycles. The zero-order valence-electron chi connectivity index (χ0n) is 24.8. The summed E-state index contributed by atoms with van der Waals surface area (Å²) < 4.78 is 26.8. The molecule has 11 heteroatoms. The van der Waals surface area contributed by atoms with Crippen molar-refractivity contribution in [2.75, 3.05) is 17.1 Å². The molecule has 0 unspecified atom stereocenters. The number of hydrogen-bond donors (Lipinski definition) is 1. The SMILES string of the molecule is CC[C@H](C)NC(=O)[C@@H](Cc1ccccc1)N(Cc1ccc(Cl)c(Cl)c1)C(=O)CCCN(c1cccc(Cl)c1C)S(C)(=O)=O. The molecule has 0 fully saturated rings. The highest BCUT2D eigenvalue weighted by molar-refractivity contribution is 7.92. The second kappa shape index (κ2) is 15.8. The van der Waals surface area contributed by atoms with Crippen molar-refractivity contribution in [3.8, 4) is 0 Å². The summed E-state index contributed by atoms with van der Waals surface area (Å²) in [6.07, 6.45) is 2.39. The topological polar surface area (TPSA) is 86.8 Å². The fourth-order valence-electron chi connectivity index (χ4n) is 4.68. The van der Waals surface area contributed by atoms with Crippen molar-refractivity contribution in [2.24, 2.45) is 0 Å². The fraction of sp³-hybridized carbons (Fsp3) is 0.375. The molecule has 43 heavy (non-hydrogen) atoms. The number of sulfonamides is 1. The number of benzene rings is 3. The van der Waals surface area contributed by atoms with E-state index in [2.05, 4.69) is 5.32 Å². The van der Waals surface area contributed by atoms with Crippen LogP contribution in [0.5, 0.6) is 0 Å². The Balaban J connectivity index is 1.93. The lowest BCUT2D eigenvalue weighted by Gasteiger charge is -2.33. The van der Waals surface area contributed by atoms with E-state index in [1.807, 2.05) is 44.2 Å². The van der Waals surface area contributed by atoms with E-state index in [9.17, 15) is 18.0 Å². The van der Waals surface area contributed by atoms with Crippen LogP contribution < -0.4 is 9.62 Å². The van der Waals surface area contributed by atoms with Gasteiger partial charge in [0, 0.05) is 37.0 Å². The largest absolute Gasteiger partial charge is 0.352 e. The standard InChI is InChI=1S/C32H38Cl3N3O4S/c1-5-22(2)36-32(40)30(20-24-11-7-6-8-12-24)37(21-25-16-17-27(34)28(35)19-25)31(39)15-10-18-38(43(4,41)42)29-14-9-13-26(33)23(29)3/h6-9,11-14,16-17,19,22,30H,5,10,15,18,20-21H2,1-4H3,(H,36,40)/t22-,30+/m0/s1. The quantitative estimate of drug-likeness (QED) is 0.200. The van der Waals surface area contributed by atoms with E-state index in [4.69, 9.17) is 34.8 Å². The molecule has 0 radical (unpaired) electrons. The van der Waals surface area contributed by atoms with Gasteiger partial charge in [-0.3, -0.25) is 13.9 Å². The Labute approximate surface area is 270 Å². The molecule has 0 aliphatic heterocycles. The maximum atomic E-state index is 14.0. The Bertz CT molecular complexity index is 1520. The first-order chi connectivity index (χ1) is 20.3. The maximum absolute atomic E-state index is 14.0. The van der Waals surface area contributed by atoms with Crippen LogP contribution in [0.1, 0.15) is 49.8 Å². The summed E-state index contributed by atoms with van der Waals surface area (Å²) in [6.45, 7) is 5.83. The molecule has 3 aromatic carbocycles. The summed E-state index contributed by atoms with van der Waals surface area (Å²) in [5.41, 5.74) is 2.71. The van der Waals surface area contributed by atoms with Crippen molar-refractivity contribution in [1.29, 1.82) is 0 Å². The van der Waals surface area contributed by atoms with E-state index in [-0.39, 0.29) is 43.8 Å². The first-order valence-corrected chi connectivity index (χ1v) is 17.1. The molecule has 0 aliphatic rings. The number of nitrogens with zero attached hydrogens (tertiary/aromatic N) is 2. The zero-order valence-corrected chi connectivity index (χ0v) is 27.9. The third kappa shape index (κ3) is 9.86.